The second-order valence-electron chi connectivity index (χ2n) is 8.11. The van der Waals surface area contributed by atoms with Crippen LogP contribution in [0.25, 0.3) is 0 Å². The number of carbonyl (C=O) groups excluding carboxylic acids is 1. The largest absolute Gasteiger partial charge is 0.362 e. The fourth-order valence-corrected chi connectivity index (χ4v) is 3.71. The van der Waals surface area contributed by atoms with Gasteiger partial charge in [-0.3, -0.25) is 14.7 Å². The van der Waals surface area contributed by atoms with Crippen LogP contribution >= 0.6 is 0 Å². The molecule has 0 radical (unpaired) electrons. The van der Waals surface area contributed by atoms with E-state index in [1.165, 1.54) is 18.4 Å². The lowest BCUT2D eigenvalue weighted by atomic mass is 10.0. The van der Waals surface area contributed by atoms with Crippen molar-refractivity contribution in [2.45, 2.75) is 32.2 Å². The van der Waals surface area contributed by atoms with Crippen molar-refractivity contribution in [1.82, 2.24) is 20.2 Å². The first kappa shape index (κ1) is 18.9. The molecule has 1 fully saturated rings. The summed E-state index contributed by atoms with van der Waals surface area (Å²) in [7, 11) is 3.91. The van der Waals surface area contributed by atoms with Crippen molar-refractivity contribution in [3.63, 3.8) is 0 Å². The molecule has 2 aromatic rings. The Hall–Kier alpha value is -2.47. The molecule has 0 unspecified atom stereocenters. The quantitative estimate of drug-likeness (QED) is 0.834. The Labute approximate surface area is 167 Å². The summed E-state index contributed by atoms with van der Waals surface area (Å²) < 4.78 is 0. The summed E-state index contributed by atoms with van der Waals surface area (Å²) in [6.07, 6.45) is 6.11. The summed E-state index contributed by atoms with van der Waals surface area (Å²) in [5.74, 6) is 1.44. The van der Waals surface area contributed by atoms with Crippen LogP contribution in [0.2, 0.25) is 0 Å². The van der Waals surface area contributed by atoms with Gasteiger partial charge in [-0.2, -0.15) is 0 Å². The predicted molar refractivity (Wildman–Crippen MR) is 111 cm³/mol. The van der Waals surface area contributed by atoms with Gasteiger partial charge in [0, 0.05) is 58.6 Å². The molecule has 28 heavy (non-hydrogen) atoms. The van der Waals surface area contributed by atoms with Crippen LogP contribution in [0.1, 0.15) is 40.2 Å². The van der Waals surface area contributed by atoms with Gasteiger partial charge in [0.05, 0.1) is 11.3 Å². The highest BCUT2D eigenvalue weighted by atomic mass is 16.1. The number of fused-ring (bicyclic) bond motifs is 1. The molecule has 0 spiro atoms. The lowest BCUT2D eigenvalue weighted by Gasteiger charge is -2.19. The summed E-state index contributed by atoms with van der Waals surface area (Å²) in [5, 5.41) is 3.10. The molecule has 4 rings (SSSR count). The number of carbonyl (C=O) groups is 1. The van der Waals surface area contributed by atoms with Gasteiger partial charge in [0.2, 0.25) is 0 Å². The number of pyridine rings is 2. The van der Waals surface area contributed by atoms with Crippen LogP contribution in [0, 0.1) is 5.92 Å². The number of hydrogen-bond donors (Lipinski definition) is 1. The normalized spacial score (nSPS) is 16.9. The Bertz CT molecular complexity index is 832. The van der Waals surface area contributed by atoms with Gasteiger partial charge >= 0.3 is 0 Å². The minimum Gasteiger partial charge on any atom is -0.362 e. The lowest BCUT2D eigenvalue weighted by molar-refractivity contribution is 0.0952. The first-order valence-corrected chi connectivity index (χ1v) is 10.2. The number of aromatic nitrogens is 2. The van der Waals surface area contributed by atoms with E-state index in [0.717, 1.165) is 56.2 Å². The molecular weight excluding hydrogens is 350 g/mol. The smallest absolute Gasteiger partial charge is 0.255 e. The maximum absolute atomic E-state index is 12.8. The number of anilines is 1. The van der Waals surface area contributed by atoms with E-state index in [9.17, 15) is 4.79 Å². The summed E-state index contributed by atoms with van der Waals surface area (Å²) in [6.45, 7) is 3.54. The van der Waals surface area contributed by atoms with Crippen molar-refractivity contribution >= 4 is 11.7 Å². The van der Waals surface area contributed by atoms with Crippen LogP contribution in [0.3, 0.4) is 0 Å². The molecule has 1 amide bonds. The number of hydrogen-bond acceptors (Lipinski definition) is 5. The van der Waals surface area contributed by atoms with Crippen molar-refractivity contribution in [2.24, 2.45) is 5.92 Å². The standard InChI is InChI=1S/C22H29N5O/c1-26(2)21-19(22(28)24-14-16-6-7-16)13-17-8-11-27(12-9-20(17)25-21)15-18-5-3-4-10-23-18/h3-5,10,13,16H,6-9,11-12,14-15H2,1-2H3,(H,24,28). The summed E-state index contributed by atoms with van der Waals surface area (Å²) in [4.78, 5) is 26.5. The molecule has 0 bridgehead atoms. The van der Waals surface area contributed by atoms with Gasteiger partial charge in [0.1, 0.15) is 5.82 Å². The first-order chi connectivity index (χ1) is 13.6. The number of nitrogens with zero attached hydrogens (tertiary/aromatic N) is 4. The Kier molecular flexibility index (Phi) is 5.57. The molecule has 0 atom stereocenters. The molecule has 6 heteroatoms. The van der Waals surface area contributed by atoms with Gasteiger partial charge in [-0.1, -0.05) is 6.07 Å². The third kappa shape index (κ3) is 4.50. The summed E-state index contributed by atoms with van der Waals surface area (Å²) >= 11 is 0. The van der Waals surface area contributed by atoms with E-state index in [1.807, 2.05) is 37.3 Å². The number of nitrogens with one attached hydrogen (secondary N) is 1. The Morgan fingerprint density at radius 3 is 2.79 bits per heavy atom. The minimum atomic E-state index is 0.000452. The molecule has 148 valence electrons. The third-order valence-corrected chi connectivity index (χ3v) is 5.56. The first-order valence-electron chi connectivity index (χ1n) is 10.2. The molecule has 1 N–H and O–H groups in total. The third-order valence-electron chi connectivity index (χ3n) is 5.56. The zero-order chi connectivity index (χ0) is 19.5. The molecule has 0 aromatic carbocycles. The van der Waals surface area contributed by atoms with E-state index in [-0.39, 0.29) is 5.91 Å². The molecule has 0 saturated heterocycles. The van der Waals surface area contributed by atoms with E-state index < -0.39 is 0 Å². The van der Waals surface area contributed by atoms with Crippen molar-refractivity contribution in [3.8, 4) is 0 Å². The monoisotopic (exact) mass is 379 g/mol. The molecular formula is C22H29N5O. The average molecular weight is 380 g/mol. The van der Waals surface area contributed by atoms with Gasteiger partial charge < -0.3 is 10.2 Å². The molecule has 1 saturated carbocycles. The molecule has 1 aliphatic carbocycles. The SMILES string of the molecule is CN(C)c1nc2c(cc1C(=O)NCC1CC1)CCN(Cc1ccccn1)CC2. The van der Waals surface area contributed by atoms with Gasteiger partial charge in [0.15, 0.2) is 0 Å². The number of rotatable bonds is 6. The average Bonchev–Trinajstić information content (AvgIpc) is 3.54. The second kappa shape index (κ2) is 8.27. The zero-order valence-corrected chi connectivity index (χ0v) is 16.8. The molecule has 2 aromatic heterocycles. The van der Waals surface area contributed by atoms with Crippen molar-refractivity contribution in [2.75, 3.05) is 38.6 Å². The van der Waals surface area contributed by atoms with E-state index >= 15 is 0 Å². The van der Waals surface area contributed by atoms with Crippen molar-refractivity contribution in [3.05, 3.63) is 53.0 Å². The van der Waals surface area contributed by atoms with Gasteiger partial charge in [-0.25, -0.2) is 4.98 Å². The van der Waals surface area contributed by atoms with E-state index in [4.69, 9.17) is 4.98 Å². The lowest BCUT2D eigenvalue weighted by Crippen LogP contribution is -2.28. The number of amides is 1. The molecule has 1 aliphatic heterocycles. The minimum absolute atomic E-state index is 0.000452. The van der Waals surface area contributed by atoms with Crippen molar-refractivity contribution in [1.29, 1.82) is 0 Å². The topological polar surface area (TPSA) is 61.4 Å². The molecule has 3 heterocycles. The maximum atomic E-state index is 12.8. The Balaban J connectivity index is 1.51. The van der Waals surface area contributed by atoms with Gasteiger partial charge in [-0.05, 0) is 48.9 Å². The van der Waals surface area contributed by atoms with E-state index in [1.54, 1.807) is 0 Å². The highest BCUT2D eigenvalue weighted by molar-refractivity contribution is 5.99. The van der Waals surface area contributed by atoms with Crippen LogP contribution in [-0.4, -0.2) is 54.5 Å². The fraction of sp³-hybridized carbons (Fsp3) is 0.500. The molecule has 2 aliphatic rings. The highest BCUT2D eigenvalue weighted by Gasteiger charge is 2.25. The van der Waals surface area contributed by atoms with Crippen molar-refractivity contribution < 1.29 is 4.79 Å². The van der Waals surface area contributed by atoms with Crippen LogP contribution in [0.15, 0.2) is 30.5 Å². The fourth-order valence-electron chi connectivity index (χ4n) is 3.71. The van der Waals surface area contributed by atoms with Gasteiger partial charge in [0.25, 0.3) is 5.91 Å². The van der Waals surface area contributed by atoms with Crippen LogP contribution < -0.4 is 10.2 Å². The van der Waals surface area contributed by atoms with Crippen LogP contribution in [-0.2, 0) is 19.4 Å². The predicted octanol–water partition coefficient (Wildman–Crippen LogP) is 2.28. The van der Waals surface area contributed by atoms with Crippen LogP contribution in [0.5, 0.6) is 0 Å². The van der Waals surface area contributed by atoms with E-state index in [0.29, 0.717) is 11.5 Å². The highest BCUT2D eigenvalue weighted by Crippen LogP contribution is 2.28. The summed E-state index contributed by atoms with van der Waals surface area (Å²) in [6, 6.07) is 8.13. The zero-order valence-electron chi connectivity index (χ0n) is 16.8. The van der Waals surface area contributed by atoms with Crippen LogP contribution in [0.4, 0.5) is 5.82 Å². The molecule has 6 nitrogen and oxygen atoms in total. The second-order valence-corrected chi connectivity index (χ2v) is 8.11. The van der Waals surface area contributed by atoms with Gasteiger partial charge in [-0.15, -0.1) is 0 Å². The maximum Gasteiger partial charge on any atom is 0.255 e. The Morgan fingerprint density at radius 1 is 1.25 bits per heavy atom. The summed E-state index contributed by atoms with van der Waals surface area (Å²) in [5.41, 5.74) is 4.11. The Morgan fingerprint density at radius 2 is 2.07 bits per heavy atom. The van der Waals surface area contributed by atoms with E-state index in [2.05, 4.69) is 27.3 Å².